The predicted molar refractivity (Wildman–Crippen MR) is 74.6 cm³/mol. The fraction of sp³-hybridized carbons (Fsp3) is 0.923. The third kappa shape index (κ3) is 8.44. The lowest BCUT2D eigenvalue weighted by Gasteiger charge is -2.08. The summed E-state index contributed by atoms with van der Waals surface area (Å²) in [4.78, 5) is 11.4. The fourth-order valence-corrected chi connectivity index (χ4v) is 2.41. The zero-order chi connectivity index (χ0) is 11.6. The molecule has 17 heavy (non-hydrogen) atoms. The lowest BCUT2D eigenvalue weighted by Crippen LogP contribution is -2.31. The van der Waals surface area contributed by atoms with Crippen LogP contribution in [0.15, 0.2) is 0 Å². The molecule has 0 aromatic rings. The van der Waals surface area contributed by atoms with Crippen molar-refractivity contribution in [1.82, 2.24) is 10.6 Å². The largest absolute Gasteiger partial charge is 0.355 e. The van der Waals surface area contributed by atoms with Crippen molar-refractivity contribution in [1.29, 1.82) is 0 Å². The van der Waals surface area contributed by atoms with E-state index in [0.717, 1.165) is 32.0 Å². The molecule has 0 aromatic carbocycles. The zero-order valence-electron chi connectivity index (χ0n) is 11.0. The first-order chi connectivity index (χ1) is 7.83. The fourth-order valence-electron chi connectivity index (χ4n) is 2.41. The second kappa shape index (κ2) is 10.8. The van der Waals surface area contributed by atoms with Gasteiger partial charge >= 0.3 is 0 Å². The molecule has 1 aliphatic carbocycles. The van der Waals surface area contributed by atoms with Crippen molar-refractivity contribution in [3.8, 4) is 0 Å². The van der Waals surface area contributed by atoms with Crippen LogP contribution in [-0.4, -0.2) is 25.5 Å². The Morgan fingerprint density at radius 1 is 1.24 bits per heavy atom. The van der Waals surface area contributed by atoms with Gasteiger partial charge in [-0.15, -0.1) is 12.4 Å². The van der Waals surface area contributed by atoms with E-state index >= 15 is 0 Å². The Morgan fingerprint density at radius 2 is 1.94 bits per heavy atom. The van der Waals surface area contributed by atoms with Gasteiger partial charge in [-0.3, -0.25) is 4.79 Å². The highest BCUT2D eigenvalue weighted by atomic mass is 35.5. The molecule has 1 fully saturated rings. The molecule has 0 bridgehead atoms. The van der Waals surface area contributed by atoms with Gasteiger partial charge in [0.1, 0.15) is 0 Å². The van der Waals surface area contributed by atoms with Gasteiger partial charge in [-0.2, -0.15) is 0 Å². The number of amides is 1. The molecule has 4 heteroatoms. The average Bonchev–Trinajstić information content (AvgIpc) is 2.77. The van der Waals surface area contributed by atoms with Crippen molar-refractivity contribution in [2.75, 3.05) is 19.6 Å². The second-order valence-corrected chi connectivity index (χ2v) is 4.75. The molecule has 2 N–H and O–H groups in total. The summed E-state index contributed by atoms with van der Waals surface area (Å²) in [6.45, 7) is 4.68. The number of hydrogen-bond acceptors (Lipinski definition) is 2. The monoisotopic (exact) mass is 262 g/mol. The molecule has 0 unspecified atom stereocenters. The first-order valence-corrected chi connectivity index (χ1v) is 6.80. The number of halogens is 1. The summed E-state index contributed by atoms with van der Waals surface area (Å²) in [5.74, 6) is 1.13. The molecular formula is C13H27ClN2O. The average molecular weight is 263 g/mol. The van der Waals surface area contributed by atoms with Gasteiger partial charge in [0.05, 0.1) is 0 Å². The van der Waals surface area contributed by atoms with Gasteiger partial charge in [-0.05, 0) is 25.3 Å². The minimum absolute atomic E-state index is 0. The van der Waals surface area contributed by atoms with Crippen molar-refractivity contribution in [3.05, 3.63) is 0 Å². The molecule has 1 aliphatic rings. The molecule has 0 atom stereocenters. The van der Waals surface area contributed by atoms with Gasteiger partial charge in [0, 0.05) is 19.5 Å². The van der Waals surface area contributed by atoms with Gasteiger partial charge in [-0.1, -0.05) is 32.6 Å². The Kier molecular flexibility index (Phi) is 10.7. The van der Waals surface area contributed by atoms with Crippen LogP contribution < -0.4 is 10.6 Å². The van der Waals surface area contributed by atoms with E-state index in [0.29, 0.717) is 6.42 Å². The summed E-state index contributed by atoms with van der Waals surface area (Å²) in [5.41, 5.74) is 0. The third-order valence-electron chi connectivity index (χ3n) is 3.36. The van der Waals surface area contributed by atoms with Gasteiger partial charge in [0.2, 0.25) is 5.91 Å². The summed E-state index contributed by atoms with van der Waals surface area (Å²) in [6.07, 6.45) is 8.62. The Bertz CT molecular complexity index is 194. The maximum atomic E-state index is 11.4. The van der Waals surface area contributed by atoms with Gasteiger partial charge < -0.3 is 10.6 Å². The quantitative estimate of drug-likeness (QED) is 0.660. The number of carbonyl (C=O) groups excluding carboxylic acids is 1. The number of carbonyl (C=O) groups is 1. The smallest absolute Gasteiger partial charge is 0.220 e. The van der Waals surface area contributed by atoms with Crippen molar-refractivity contribution in [2.45, 2.75) is 51.9 Å². The van der Waals surface area contributed by atoms with Crippen LogP contribution in [0.2, 0.25) is 0 Å². The Hall–Kier alpha value is -0.280. The normalized spacial score (nSPS) is 15.6. The summed E-state index contributed by atoms with van der Waals surface area (Å²) in [6, 6.07) is 0. The Morgan fingerprint density at radius 3 is 2.59 bits per heavy atom. The maximum Gasteiger partial charge on any atom is 0.220 e. The van der Waals surface area contributed by atoms with Crippen LogP contribution in [0.1, 0.15) is 51.9 Å². The van der Waals surface area contributed by atoms with E-state index in [1.165, 1.54) is 32.1 Å². The molecule has 1 amide bonds. The SMILES string of the molecule is CCNCCNC(=O)CCCC1CCCC1.Cl. The highest BCUT2D eigenvalue weighted by Gasteiger charge is 2.14. The molecule has 0 saturated heterocycles. The molecule has 1 rings (SSSR count). The molecule has 3 nitrogen and oxygen atoms in total. The number of hydrogen-bond donors (Lipinski definition) is 2. The summed E-state index contributed by atoms with van der Waals surface area (Å²) in [7, 11) is 0. The van der Waals surface area contributed by atoms with Crippen molar-refractivity contribution in [3.63, 3.8) is 0 Å². The highest BCUT2D eigenvalue weighted by molar-refractivity contribution is 5.85. The van der Waals surface area contributed by atoms with E-state index in [1.54, 1.807) is 0 Å². The third-order valence-corrected chi connectivity index (χ3v) is 3.36. The summed E-state index contributed by atoms with van der Waals surface area (Å²) in [5, 5.41) is 6.13. The molecule has 1 saturated carbocycles. The summed E-state index contributed by atoms with van der Waals surface area (Å²) < 4.78 is 0. The van der Waals surface area contributed by atoms with E-state index in [1.807, 2.05) is 0 Å². The van der Waals surface area contributed by atoms with Crippen LogP contribution in [0.3, 0.4) is 0 Å². The molecule has 0 aliphatic heterocycles. The molecule has 0 spiro atoms. The van der Waals surface area contributed by atoms with Gasteiger partial charge in [0.25, 0.3) is 0 Å². The van der Waals surface area contributed by atoms with E-state index in [4.69, 9.17) is 0 Å². The second-order valence-electron chi connectivity index (χ2n) is 4.75. The lowest BCUT2D eigenvalue weighted by atomic mass is 10.0. The molecular weight excluding hydrogens is 236 g/mol. The number of nitrogens with one attached hydrogen (secondary N) is 2. The number of likely N-dealkylation sites (N-methyl/N-ethyl adjacent to an activating group) is 1. The van der Waals surface area contributed by atoms with Crippen LogP contribution in [0.4, 0.5) is 0 Å². The molecule has 102 valence electrons. The minimum Gasteiger partial charge on any atom is -0.355 e. The van der Waals surface area contributed by atoms with Crippen LogP contribution in [0.25, 0.3) is 0 Å². The Labute approximate surface area is 112 Å². The molecule has 0 radical (unpaired) electrons. The molecule has 0 aromatic heterocycles. The standard InChI is InChI=1S/C13H26N2O.ClH/c1-2-14-10-11-15-13(16)9-5-8-12-6-3-4-7-12;/h12,14H,2-11H2,1H3,(H,15,16);1H. The topological polar surface area (TPSA) is 41.1 Å². The van der Waals surface area contributed by atoms with Gasteiger partial charge in [0.15, 0.2) is 0 Å². The number of rotatable bonds is 8. The van der Waals surface area contributed by atoms with Crippen LogP contribution in [-0.2, 0) is 4.79 Å². The maximum absolute atomic E-state index is 11.4. The molecule has 0 heterocycles. The first-order valence-electron chi connectivity index (χ1n) is 6.80. The Balaban J connectivity index is 0.00000256. The summed E-state index contributed by atoms with van der Waals surface area (Å²) >= 11 is 0. The zero-order valence-corrected chi connectivity index (χ0v) is 11.8. The van der Waals surface area contributed by atoms with Gasteiger partial charge in [-0.25, -0.2) is 0 Å². The van der Waals surface area contributed by atoms with Crippen LogP contribution in [0.5, 0.6) is 0 Å². The minimum atomic E-state index is 0. The van der Waals surface area contributed by atoms with Crippen LogP contribution in [0, 0.1) is 5.92 Å². The van der Waals surface area contributed by atoms with Crippen LogP contribution >= 0.6 is 12.4 Å². The first kappa shape index (κ1) is 16.7. The van der Waals surface area contributed by atoms with Crippen molar-refractivity contribution >= 4 is 18.3 Å². The van der Waals surface area contributed by atoms with E-state index in [2.05, 4.69) is 17.6 Å². The van der Waals surface area contributed by atoms with E-state index < -0.39 is 0 Å². The predicted octanol–water partition coefficient (Wildman–Crippen LogP) is 2.49. The lowest BCUT2D eigenvalue weighted by molar-refractivity contribution is -0.121. The van der Waals surface area contributed by atoms with Crippen molar-refractivity contribution < 1.29 is 4.79 Å². The van der Waals surface area contributed by atoms with Crippen molar-refractivity contribution in [2.24, 2.45) is 5.92 Å². The highest BCUT2D eigenvalue weighted by Crippen LogP contribution is 2.28. The van der Waals surface area contributed by atoms with E-state index in [9.17, 15) is 4.79 Å². The van der Waals surface area contributed by atoms with E-state index in [-0.39, 0.29) is 18.3 Å².